The molecular formula is C24H33NO4S. The van der Waals surface area contributed by atoms with E-state index in [0.717, 1.165) is 37.0 Å². The Morgan fingerprint density at radius 3 is 2.97 bits per heavy atom. The maximum atomic E-state index is 12.3. The number of thiophene rings is 1. The van der Waals surface area contributed by atoms with Gasteiger partial charge in [-0.2, -0.15) is 0 Å². The minimum absolute atomic E-state index is 0.0412. The molecule has 1 aliphatic rings. The second-order valence-corrected chi connectivity index (χ2v) is 8.88. The van der Waals surface area contributed by atoms with Gasteiger partial charge in [0.05, 0.1) is 19.3 Å². The van der Waals surface area contributed by atoms with Gasteiger partial charge in [-0.1, -0.05) is 26.0 Å². The van der Waals surface area contributed by atoms with Gasteiger partial charge in [-0.25, -0.2) is 4.79 Å². The Morgan fingerprint density at radius 2 is 2.23 bits per heavy atom. The van der Waals surface area contributed by atoms with Crippen LogP contribution in [0.1, 0.15) is 66.9 Å². The minimum Gasteiger partial charge on any atom is -0.465 e. The second-order valence-electron chi connectivity index (χ2n) is 7.71. The van der Waals surface area contributed by atoms with E-state index in [1.54, 1.807) is 6.07 Å². The molecule has 1 aliphatic heterocycles. The van der Waals surface area contributed by atoms with E-state index in [0.29, 0.717) is 24.3 Å². The number of likely N-dealkylation sites (tertiary alicyclic amines) is 1. The second kappa shape index (κ2) is 12.6. The number of carbonyl (C=O) groups excluding carboxylic acids is 2. The van der Waals surface area contributed by atoms with Gasteiger partial charge >= 0.3 is 5.97 Å². The first-order valence-corrected chi connectivity index (χ1v) is 11.6. The molecule has 1 fully saturated rings. The quantitative estimate of drug-likeness (QED) is 0.342. The molecule has 30 heavy (non-hydrogen) atoms. The number of methoxy groups -OCH3 is 1. The Labute approximate surface area is 184 Å². The summed E-state index contributed by atoms with van der Waals surface area (Å²) in [6, 6.07) is 3.77. The lowest BCUT2D eigenvalue weighted by atomic mass is 10.00. The van der Waals surface area contributed by atoms with E-state index >= 15 is 0 Å². The van der Waals surface area contributed by atoms with Gasteiger partial charge in [0.15, 0.2) is 0 Å². The predicted octanol–water partition coefficient (Wildman–Crippen LogP) is 4.21. The van der Waals surface area contributed by atoms with Crippen LogP contribution in [0.15, 0.2) is 24.3 Å². The van der Waals surface area contributed by atoms with Crippen molar-refractivity contribution in [3.05, 3.63) is 34.0 Å². The number of hydrogen-bond donors (Lipinski definition) is 1. The molecule has 2 heterocycles. The highest BCUT2D eigenvalue weighted by Gasteiger charge is 2.28. The lowest BCUT2D eigenvalue weighted by molar-refractivity contribution is -0.128. The molecule has 2 rings (SSSR count). The molecule has 6 heteroatoms. The van der Waals surface area contributed by atoms with Crippen LogP contribution >= 0.6 is 11.3 Å². The van der Waals surface area contributed by atoms with E-state index in [4.69, 9.17) is 4.74 Å². The number of aryl methyl sites for hydroxylation is 1. The van der Waals surface area contributed by atoms with Crippen molar-refractivity contribution in [3.8, 4) is 11.8 Å². The number of rotatable bonds is 10. The Hall–Kier alpha value is -2.10. The van der Waals surface area contributed by atoms with Crippen LogP contribution in [0, 0.1) is 17.8 Å². The topological polar surface area (TPSA) is 66.8 Å². The number of esters is 1. The monoisotopic (exact) mass is 431 g/mol. The first kappa shape index (κ1) is 24.2. The van der Waals surface area contributed by atoms with Gasteiger partial charge in [-0.3, -0.25) is 4.79 Å². The molecule has 1 aromatic rings. The molecule has 0 radical (unpaired) electrons. The Morgan fingerprint density at radius 1 is 1.43 bits per heavy atom. The summed E-state index contributed by atoms with van der Waals surface area (Å²) in [4.78, 5) is 27.5. The zero-order valence-corrected chi connectivity index (χ0v) is 19.0. The van der Waals surface area contributed by atoms with Crippen molar-refractivity contribution in [2.24, 2.45) is 5.92 Å². The Balaban J connectivity index is 1.83. The number of ether oxygens (including phenoxy) is 1. The van der Waals surface area contributed by atoms with Gasteiger partial charge in [0.1, 0.15) is 4.88 Å². The molecule has 164 valence electrons. The van der Waals surface area contributed by atoms with Crippen molar-refractivity contribution in [3.63, 3.8) is 0 Å². The van der Waals surface area contributed by atoms with Gasteiger partial charge in [0.25, 0.3) is 0 Å². The molecule has 0 bridgehead atoms. The van der Waals surface area contributed by atoms with E-state index in [-0.39, 0.29) is 23.8 Å². The third-order valence-corrected chi connectivity index (χ3v) is 6.41. The smallest absolute Gasteiger partial charge is 0.348 e. The number of aliphatic hydroxyl groups is 1. The normalized spacial score (nSPS) is 18.3. The van der Waals surface area contributed by atoms with Gasteiger partial charge in [-0.05, 0) is 43.7 Å². The lowest BCUT2D eigenvalue weighted by Gasteiger charge is -2.23. The predicted molar refractivity (Wildman–Crippen MR) is 120 cm³/mol. The van der Waals surface area contributed by atoms with E-state index in [9.17, 15) is 14.7 Å². The van der Waals surface area contributed by atoms with Crippen molar-refractivity contribution in [1.29, 1.82) is 0 Å². The molecule has 1 N–H and O–H groups in total. The number of carbonyl (C=O) groups is 2. The largest absolute Gasteiger partial charge is 0.465 e. The van der Waals surface area contributed by atoms with Crippen LogP contribution in [0.5, 0.6) is 0 Å². The summed E-state index contributed by atoms with van der Waals surface area (Å²) in [6.07, 6.45) is 8.86. The number of hydrogen-bond acceptors (Lipinski definition) is 5. The summed E-state index contributed by atoms with van der Waals surface area (Å²) >= 11 is 1.44. The van der Waals surface area contributed by atoms with Crippen LogP contribution in [-0.2, 0) is 16.0 Å². The fourth-order valence-corrected chi connectivity index (χ4v) is 4.36. The van der Waals surface area contributed by atoms with E-state index in [2.05, 4.69) is 18.8 Å². The fraction of sp³-hybridized carbons (Fsp3) is 0.583. The SMILES string of the molecule is CCCC#CC[C@@H](C)[C@H](O)/C=C/[C@H]1CCC(=O)N1CCCc1ccc(C(=O)OC)s1. The van der Waals surface area contributed by atoms with Crippen molar-refractivity contribution < 1.29 is 19.4 Å². The molecule has 1 aromatic heterocycles. The highest BCUT2D eigenvalue weighted by atomic mass is 32.1. The van der Waals surface area contributed by atoms with E-state index in [1.807, 2.05) is 30.0 Å². The standard InChI is InChI=1S/C24H33NO4S/c1-4-5-6-7-9-18(2)21(26)14-11-19-12-16-23(27)25(19)17-8-10-20-13-15-22(30-20)24(28)29-3/h11,13-15,18-19,21,26H,4-5,8-10,12,16-17H2,1-3H3/b14-11+/t18-,19+,21-/m1/s1. The maximum absolute atomic E-state index is 12.3. The van der Waals surface area contributed by atoms with E-state index < -0.39 is 6.10 Å². The van der Waals surface area contributed by atoms with Crippen molar-refractivity contribution >= 4 is 23.2 Å². The van der Waals surface area contributed by atoms with Gasteiger partial charge < -0.3 is 14.7 Å². The molecule has 0 spiro atoms. The Bertz CT molecular complexity index is 789. The summed E-state index contributed by atoms with van der Waals surface area (Å²) in [5, 5.41) is 10.4. The number of aliphatic hydroxyl groups excluding tert-OH is 1. The third kappa shape index (κ3) is 7.30. The average molecular weight is 432 g/mol. The first-order chi connectivity index (χ1) is 14.5. The molecule has 3 atom stereocenters. The molecule has 0 saturated carbocycles. The van der Waals surface area contributed by atoms with E-state index in [1.165, 1.54) is 18.4 Å². The summed E-state index contributed by atoms with van der Waals surface area (Å²) < 4.78 is 4.74. The molecule has 5 nitrogen and oxygen atoms in total. The molecular weight excluding hydrogens is 398 g/mol. The third-order valence-electron chi connectivity index (χ3n) is 5.28. The van der Waals surface area contributed by atoms with Gasteiger partial charge in [-0.15, -0.1) is 23.2 Å². The fourth-order valence-electron chi connectivity index (χ4n) is 3.39. The lowest BCUT2D eigenvalue weighted by Crippen LogP contribution is -2.33. The van der Waals surface area contributed by atoms with Crippen molar-refractivity contribution in [2.75, 3.05) is 13.7 Å². The van der Waals surface area contributed by atoms with Crippen molar-refractivity contribution in [2.45, 2.75) is 70.9 Å². The summed E-state index contributed by atoms with van der Waals surface area (Å²) in [5.74, 6) is 6.17. The number of amides is 1. The molecule has 0 aliphatic carbocycles. The zero-order valence-electron chi connectivity index (χ0n) is 18.2. The summed E-state index contributed by atoms with van der Waals surface area (Å²) in [5.41, 5.74) is 0. The Kier molecular flexibility index (Phi) is 10.1. The maximum Gasteiger partial charge on any atom is 0.348 e. The highest BCUT2D eigenvalue weighted by Crippen LogP contribution is 2.23. The molecule has 1 saturated heterocycles. The van der Waals surface area contributed by atoms with Crippen LogP contribution in [0.2, 0.25) is 0 Å². The van der Waals surface area contributed by atoms with Gasteiger partial charge in [0.2, 0.25) is 5.91 Å². The number of nitrogens with zero attached hydrogens (tertiary/aromatic N) is 1. The van der Waals surface area contributed by atoms with Crippen LogP contribution in [-0.4, -0.2) is 47.7 Å². The molecule has 0 unspecified atom stereocenters. The van der Waals surface area contributed by atoms with Gasteiger partial charge in [0, 0.05) is 30.7 Å². The van der Waals surface area contributed by atoms with Crippen LogP contribution in [0.25, 0.3) is 0 Å². The minimum atomic E-state index is -0.554. The zero-order chi connectivity index (χ0) is 21.9. The van der Waals surface area contributed by atoms with Crippen molar-refractivity contribution in [1.82, 2.24) is 4.90 Å². The first-order valence-electron chi connectivity index (χ1n) is 10.7. The number of unbranched alkanes of at least 4 members (excludes halogenated alkanes) is 1. The van der Waals surface area contributed by atoms with Crippen LogP contribution < -0.4 is 0 Å². The molecule has 0 aromatic carbocycles. The van der Waals surface area contributed by atoms with Crippen LogP contribution in [0.3, 0.4) is 0 Å². The molecule has 1 amide bonds. The average Bonchev–Trinajstić information content (AvgIpc) is 3.36. The summed E-state index contributed by atoms with van der Waals surface area (Å²) in [7, 11) is 1.38. The summed E-state index contributed by atoms with van der Waals surface area (Å²) in [6.45, 7) is 4.77. The highest BCUT2D eigenvalue weighted by molar-refractivity contribution is 7.13. The van der Waals surface area contributed by atoms with Crippen LogP contribution in [0.4, 0.5) is 0 Å².